The maximum Gasteiger partial charge on any atom is 0.316 e. The molecular formula is C14H18FNO2S. The van der Waals surface area contributed by atoms with Crippen molar-refractivity contribution in [1.29, 1.82) is 0 Å². The maximum absolute atomic E-state index is 13.8. The topological polar surface area (TPSA) is 38.3 Å². The Bertz CT molecular complexity index is 449. The molecule has 1 aliphatic carbocycles. The molecule has 0 atom stereocenters. The summed E-state index contributed by atoms with van der Waals surface area (Å²) >= 11 is 1.17. The van der Waals surface area contributed by atoms with E-state index in [0.29, 0.717) is 24.1 Å². The van der Waals surface area contributed by atoms with Gasteiger partial charge in [-0.2, -0.15) is 0 Å². The summed E-state index contributed by atoms with van der Waals surface area (Å²) in [6, 6.07) is 5.76. The van der Waals surface area contributed by atoms with Crippen LogP contribution in [-0.4, -0.2) is 24.4 Å². The van der Waals surface area contributed by atoms with Gasteiger partial charge in [-0.05, 0) is 37.5 Å². The number of rotatable bonds is 7. The number of hydrogen-bond donors (Lipinski definition) is 1. The highest BCUT2D eigenvalue weighted by molar-refractivity contribution is 8.00. The summed E-state index contributed by atoms with van der Waals surface area (Å²) in [6.45, 7) is 2.81. The lowest BCUT2D eigenvalue weighted by molar-refractivity contribution is -0.139. The lowest BCUT2D eigenvalue weighted by atomic mass is 10.2. The number of halogens is 1. The fourth-order valence-electron chi connectivity index (χ4n) is 1.66. The highest BCUT2D eigenvalue weighted by Crippen LogP contribution is 2.24. The lowest BCUT2D eigenvalue weighted by Crippen LogP contribution is -2.15. The molecule has 1 aliphatic rings. The van der Waals surface area contributed by atoms with Crippen LogP contribution in [0.4, 0.5) is 4.39 Å². The Balaban J connectivity index is 1.84. The summed E-state index contributed by atoms with van der Waals surface area (Å²) in [5.41, 5.74) is 0.935. The highest BCUT2D eigenvalue weighted by Gasteiger charge is 2.20. The molecule has 0 spiro atoms. The molecule has 0 bridgehead atoms. The van der Waals surface area contributed by atoms with E-state index < -0.39 is 0 Å². The molecule has 1 saturated carbocycles. The predicted octanol–water partition coefficient (Wildman–Crippen LogP) is 2.73. The van der Waals surface area contributed by atoms with Gasteiger partial charge in [0.1, 0.15) is 5.82 Å². The SMILES string of the molecule is CCOC(=O)CSc1ccc(CNC2CC2)cc1F. The Morgan fingerprint density at radius 2 is 2.32 bits per heavy atom. The normalized spacial score (nSPS) is 14.4. The van der Waals surface area contributed by atoms with E-state index in [0.717, 1.165) is 5.56 Å². The van der Waals surface area contributed by atoms with Gasteiger partial charge in [0.15, 0.2) is 0 Å². The average Bonchev–Trinajstić information content (AvgIpc) is 3.19. The monoisotopic (exact) mass is 283 g/mol. The molecule has 19 heavy (non-hydrogen) atoms. The number of benzene rings is 1. The standard InChI is InChI=1S/C14H18FNO2S/c1-2-18-14(17)9-19-13-6-3-10(7-12(13)15)8-16-11-4-5-11/h3,6-7,11,16H,2,4-5,8-9H2,1H3. The van der Waals surface area contributed by atoms with Crippen LogP contribution in [-0.2, 0) is 16.1 Å². The molecule has 0 saturated heterocycles. The summed E-state index contributed by atoms with van der Waals surface area (Å²) in [6.07, 6.45) is 2.44. The zero-order valence-electron chi connectivity index (χ0n) is 10.9. The Morgan fingerprint density at radius 3 is 2.95 bits per heavy atom. The zero-order chi connectivity index (χ0) is 13.7. The second-order valence-electron chi connectivity index (χ2n) is 4.51. The molecule has 1 fully saturated rings. The lowest BCUT2D eigenvalue weighted by Gasteiger charge is -2.07. The van der Waals surface area contributed by atoms with Crippen molar-refractivity contribution in [2.45, 2.75) is 37.2 Å². The van der Waals surface area contributed by atoms with Crippen molar-refractivity contribution in [3.63, 3.8) is 0 Å². The second kappa shape index (κ2) is 6.91. The third-order valence-electron chi connectivity index (χ3n) is 2.82. The summed E-state index contributed by atoms with van der Waals surface area (Å²) in [4.78, 5) is 11.7. The van der Waals surface area contributed by atoms with Crippen LogP contribution in [0.25, 0.3) is 0 Å². The van der Waals surface area contributed by atoms with E-state index in [9.17, 15) is 9.18 Å². The Kier molecular flexibility index (Phi) is 5.22. The van der Waals surface area contributed by atoms with E-state index in [4.69, 9.17) is 4.74 Å². The van der Waals surface area contributed by atoms with Crippen LogP contribution in [0.5, 0.6) is 0 Å². The summed E-state index contributed by atoms with van der Waals surface area (Å²) in [7, 11) is 0. The van der Waals surface area contributed by atoms with Crippen LogP contribution in [0.3, 0.4) is 0 Å². The number of thioether (sulfide) groups is 1. The van der Waals surface area contributed by atoms with E-state index in [-0.39, 0.29) is 17.5 Å². The van der Waals surface area contributed by atoms with Gasteiger partial charge in [0.25, 0.3) is 0 Å². The highest BCUT2D eigenvalue weighted by atomic mass is 32.2. The van der Waals surface area contributed by atoms with Crippen molar-refractivity contribution in [3.8, 4) is 0 Å². The molecule has 0 heterocycles. The van der Waals surface area contributed by atoms with E-state index >= 15 is 0 Å². The van der Waals surface area contributed by atoms with Gasteiger partial charge in [-0.25, -0.2) is 4.39 Å². The summed E-state index contributed by atoms with van der Waals surface area (Å²) in [5.74, 6) is -0.444. The van der Waals surface area contributed by atoms with Crippen LogP contribution in [0.1, 0.15) is 25.3 Å². The smallest absolute Gasteiger partial charge is 0.316 e. The number of esters is 1. The van der Waals surface area contributed by atoms with Crippen LogP contribution in [0, 0.1) is 5.82 Å². The van der Waals surface area contributed by atoms with E-state index in [1.807, 2.05) is 6.07 Å². The van der Waals surface area contributed by atoms with E-state index in [1.165, 1.54) is 30.7 Å². The number of ether oxygens (including phenoxy) is 1. The van der Waals surface area contributed by atoms with Gasteiger partial charge in [0.2, 0.25) is 0 Å². The molecule has 1 aromatic carbocycles. The number of carbonyl (C=O) groups is 1. The molecule has 0 unspecified atom stereocenters. The van der Waals surface area contributed by atoms with Gasteiger partial charge in [-0.3, -0.25) is 4.79 Å². The van der Waals surface area contributed by atoms with Crippen molar-refractivity contribution < 1.29 is 13.9 Å². The molecule has 2 rings (SSSR count). The molecule has 0 amide bonds. The molecular weight excluding hydrogens is 265 g/mol. The van der Waals surface area contributed by atoms with Crippen molar-refractivity contribution in [2.75, 3.05) is 12.4 Å². The Morgan fingerprint density at radius 1 is 1.53 bits per heavy atom. The van der Waals surface area contributed by atoms with E-state index in [1.54, 1.807) is 13.0 Å². The minimum atomic E-state index is -0.314. The predicted molar refractivity (Wildman–Crippen MR) is 73.6 cm³/mol. The number of nitrogens with one attached hydrogen (secondary N) is 1. The summed E-state index contributed by atoms with van der Waals surface area (Å²) in [5, 5.41) is 3.34. The first-order valence-electron chi connectivity index (χ1n) is 6.49. The third-order valence-corrected chi connectivity index (χ3v) is 3.84. The molecule has 0 radical (unpaired) electrons. The minimum Gasteiger partial charge on any atom is -0.465 e. The van der Waals surface area contributed by atoms with Crippen molar-refractivity contribution >= 4 is 17.7 Å². The maximum atomic E-state index is 13.8. The van der Waals surface area contributed by atoms with Gasteiger partial charge in [-0.1, -0.05) is 6.07 Å². The van der Waals surface area contributed by atoms with Gasteiger partial charge < -0.3 is 10.1 Å². The van der Waals surface area contributed by atoms with Crippen molar-refractivity contribution in [2.24, 2.45) is 0 Å². The molecule has 1 N–H and O–H groups in total. The largest absolute Gasteiger partial charge is 0.465 e. The molecule has 0 aliphatic heterocycles. The van der Waals surface area contributed by atoms with Gasteiger partial charge in [-0.15, -0.1) is 11.8 Å². The van der Waals surface area contributed by atoms with Crippen LogP contribution in [0.2, 0.25) is 0 Å². The second-order valence-corrected chi connectivity index (χ2v) is 5.53. The van der Waals surface area contributed by atoms with Crippen molar-refractivity contribution in [1.82, 2.24) is 5.32 Å². The summed E-state index contributed by atoms with van der Waals surface area (Å²) < 4.78 is 18.6. The fourth-order valence-corrected chi connectivity index (χ4v) is 2.38. The van der Waals surface area contributed by atoms with Gasteiger partial charge in [0, 0.05) is 17.5 Å². The molecule has 1 aromatic rings. The Labute approximate surface area is 116 Å². The molecule has 0 aromatic heterocycles. The zero-order valence-corrected chi connectivity index (χ0v) is 11.8. The third kappa shape index (κ3) is 4.84. The first-order chi connectivity index (χ1) is 9.19. The quantitative estimate of drug-likeness (QED) is 0.617. The Hall–Kier alpha value is -1.07. The van der Waals surface area contributed by atoms with Crippen LogP contribution < -0.4 is 5.32 Å². The van der Waals surface area contributed by atoms with Crippen molar-refractivity contribution in [3.05, 3.63) is 29.6 Å². The fraction of sp³-hybridized carbons (Fsp3) is 0.500. The molecule has 5 heteroatoms. The minimum absolute atomic E-state index is 0.143. The number of carbonyl (C=O) groups excluding carboxylic acids is 1. The molecule has 3 nitrogen and oxygen atoms in total. The van der Waals surface area contributed by atoms with Gasteiger partial charge >= 0.3 is 5.97 Å². The van der Waals surface area contributed by atoms with Gasteiger partial charge in [0.05, 0.1) is 12.4 Å². The number of hydrogen-bond acceptors (Lipinski definition) is 4. The first-order valence-corrected chi connectivity index (χ1v) is 7.48. The first kappa shape index (κ1) is 14.3. The van der Waals surface area contributed by atoms with Crippen LogP contribution in [0.15, 0.2) is 23.1 Å². The van der Waals surface area contributed by atoms with Crippen LogP contribution >= 0.6 is 11.8 Å². The van der Waals surface area contributed by atoms with E-state index in [2.05, 4.69) is 5.32 Å². The molecule has 104 valence electrons. The average molecular weight is 283 g/mol.